The molecule has 2 aromatic heterocycles. The molecule has 1 amide bonds. The molecule has 1 aliphatic heterocycles. The third-order valence-electron chi connectivity index (χ3n) is 6.77. The minimum absolute atomic E-state index is 0.0433. The summed E-state index contributed by atoms with van der Waals surface area (Å²) in [5.41, 5.74) is 2.01. The van der Waals surface area contributed by atoms with Gasteiger partial charge in [0.25, 0.3) is 0 Å². The van der Waals surface area contributed by atoms with E-state index in [4.69, 9.17) is 14.2 Å². The number of amides is 1. The third kappa shape index (κ3) is 7.74. The van der Waals surface area contributed by atoms with Crippen molar-refractivity contribution in [2.45, 2.75) is 46.1 Å². The second-order valence-corrected chi connectivity index (χ2v) is 13.9. The van der Waals surface area contributed by atoms with Crippen molar-refractivity contribution in [2.24, 2.45) is 5.41 Å². The Hall–Kier alpha value is -3.47. The number of carbonyl (C=O) groups excluding carboxylic acids is 2. The molecule has 2 N–H and O–H groups in total. The van der Waals surface area contributed by atoms with Crippen molar-refractivity contribution >= 4 is 55.1 Å². The van der Waals surface area contributed by atoms with Gasteiger partial charge in [0.2, 0.25) is 0 Å². The van der Waals surface area contributed by atoms with E-state index in [1.165, 1.54) is 0 Å². The van der Waals surface area contributed by atoms with Crippen LogP contribution in [0.1, 0.15) is 38.1 Å². The fourth-order valence-corrected chi connectivity index (χ4v) is 6.17. The predicted octanol–water partition coefficient (Wildman–Crippen LogP) is 2.81. The standard InChI is InChI=1S/C30H33N6O6.Tl/c1-30(2,3)28(39)42-21-11-9-20(10-12-21)16-41-27-25-26(36(18-32-25)23-17-40-22(15-37)14-31-23)34-29(35-27)33-24(38)13-19-7-5-4-6-8-19;/h4-12,18,22-23,37H,13-17H2,1-3H3,(H,33,34,35,38);/q-1;+1. The van der Waals surface area contributed by atoms with E-state index in [9.17, 15) is 14.7 Å². The zero-order valence-electron chi connectivity index (χ0n) is 24.3. The summed E-state index contributed by atoms with van der Waals surface area (Å²) >= 11 is 0.485. The number of nitrogens with one attached hydrogen (secondary N) is 1. The van der Waals surface area contributed by atoms with Crippen LogP contribution >= 0.6 is 0 Å². The normalized spacial score (nSPS) is 17.5. The van der Waals surface area contributed by atoms with E-state index in [0.29, 0.717) is 56.1 Å². The molecule has 4 aromatic rings. The number of anilines is 1. The molecule has 1 aliphatic rings. The second-order valence-electron chi connectivity index (χ2n) is 11.3. The number of ether oxygens (including phenoxy) is 3. The number of hydrogen-bond donors (Lipinski definition) is 2. The molecule has 0 bridgehead atoms. The van der Waals surface area contributed by atoms with E-state index in [1.807, 2.05) is 47.0 Å². The van der Waals surface area contributed by atoms with E-state index < -0.39 is 5.41 Å². The van der Waals surface area contributed by atoms with E-state index in [-0.39, 0.29) is 55.6 Å². The summed E-state index contributed by atoms with van der Waals surface area (Å²) in [5, 5.41) is 12.4. The number of benzene rings is 2. The Bertz CT molecular complexity index is 1570. The molecule has 5 rings (SSSR count). The zero-order valence-corrected chi connectivity index (χ0v) is 28.8. The summed E-state index contributed by atoms with van der Waals surface area (Å²) in [6.07, 6.45) is 1.43. The van der Waals surface area contributed by atoms with Crippen LogP contribution in [0.25, 0.3) is 11.2 Å². The Morgan fingerprint density at radius 2 is 1.84 bits per heavy atom. The van der Waals surface area contributed by atoms with Crippen LogP contribution in [-0.4, -0.2) is 91.1 Å². The number of aromatic nitrogens is 4. The number of rotatable bonds is 9. The molecule has 0 spiro atoms. The molecule has 13 heteroatoms. The average Bonchev–Trinajstić information content (AvgIpc) is 3.40. The van der Waals surface area contributed by atoms with E-state index in [2.05, 4.69) is 23.0 Å². The summed E-state index contributed by atoms with van der Waals surface area (Å²) in [4.78, 5) is 38.8. The Morgan fingerprint density at radius 1 is 1.09 bits per heavy atom. The van der Waals surface area contributed by atoms with Gasteiger partial charge in [0.05, 0.1) is 5.41 Å². The van der Waals surface area contributed by atoms with Gasteiger partial charge in [0.1, 0.15) is 0 Å². The Balaban J connectivity index is 1.39. The molecule has 0 aliphatic carbocycles. The molecule has 43 heavy (non-hydrogen) atoms. The van der Waals surface area contributed by atoms with Crippen LogP contribution in [0.2, 0.25) is 0 Å². The van der Waals surface area contributed by atoms with Gasteiger partial charge in [-0.1, -0.05) is 6.07 Å². The summed E-state index contributed by atoms with van der Waals surface area (Å²) < 4.78 is 21.5. The van der Waals surface area contributed by atoms with Crippen molar-refractivity contribution in [2.75, 3.05) is 25.1 Å². The quantitative estimate of drug-likeness (QED) is 0.148. The van der Waals surface area contributed by atoms with Crippen molar-refractivity contribution in [1.82, 2.24) is 22.2 Å². The molecule has 2 unspecified atom stereocenters. The van der Waals surface area contributed by atoms with Crippen LogP contribution in [0.3, 0.4) is 0 Å². The number of imidazole rings is 1. The molecule has 0 saturated carbocycles. The van der Waals surface area contributed by atoms with E-state index >= 15 is 0 Å². The fourth-order valence-electron chi connectivity index (χ4n) is 4.36. The van der Waals surface area contributed by atoms with Crippen molar-refractivity contribution in [1.29, 1.82) is 0 Å². The Labute approximate surface area is 265 Å². The molecule has 0 radical (unpaired) electrons. The van der Waals surface area contributed by atoms with Gasteiger partial charge >= 0.3 is 225 Å². The van der Waals surface area contributed by atoms with Gasteiger partial charge in [0, 0.05) is 0 Å². The maximum atomic E-state index is 12.9. The number of nitrogens with zero attached hydrogens (tertiary/aromatic N) is 5. The van der Waals surface area contributed by atoms with E-state index in [0.717, 1.165) is 11.1 Å². The number of hydrogen-bond acceptors (Lipinski definition) is 10. The number of carbonyl (C=O) groups is 2. The molecule has 222 valence electrons. The van der Waals surface area contributed by atoms with Gasteiger partial charge in [-0.3, -0.25) is 4.79 Å². The second kappa shape index (κ2) is 13.4. The van der Waals surface area contributed by atoms with Crippen molar-refractivity contribution in [3.8, 4) is 11.6 Å². The van der Waals surface area contributed by atoms with Crippen LogP contribution in [0.4, 0.5) is 5.95 Å². The van der Waals surface area contributed by atoms with Crippen LogP contribution < -0.4 is 14.8 Å². The van der Waals surface area contributed by atoms with Crippen LogP contribution in [0.15, 0.2) is 60.9 Å². The van der Waals surface area contributed by atoms with Crippen LogP contribution in [0.5, 0.6) is 11.6 Å². The zero-order chi connectivity index (χ0) is 30.6. The number of fused-ring (bicyclic) bond motifs is 1. The fraction of sp³-hybridized carbons (Fsp3) is 0.367. The van der Waals surface area contributed by atoms with E-state index in [1.54, 1.807) is 39.2 Å². The van der Waals surface area contributed by atoms with Gasteiger partial charge in [-0.2, -0.15) is 0 Å². The molecule has 1 fully saturated rings. The van der Waals surface area contributed by atoms with Crippen molar-refractivity contribution < 1.29 is 28.9 Å². The summed E-state index contributed by atoms with van der Waals surface area (Å²) in [5.74, 6) is 0.181. The molecule has 1 saturated heterocycles. The first-order valence-corrected chi connectivity index (χ1v) is 15.9. The van der Waals surface area contributed by atoms with Gasteiger partial charge < -0.3 is 4.74 Å². The summed E-state index contributed by atoms with van der Waals surface area (Å²) in [6.45, 7) is 6.46. The molecular weight excluding hydrogens is 745 g/mol. The van der Waals surface area contributed by atoms with Gasteiger partial charge in [-0.15, -0.1) is 0 Å². The Kier molecular flexibility index (Phi) is 9.69. The van der Waals surface area contributed by atoms with Crippen LogP contribution in [-0.2, 0) is 27.4 Å². The molecule has 3 heterocycles. The number of aliphatic hydroxyl groups is 1. The third-order valence-corrected chi connectivity index (χ3v) is 8.93. The summed E-state index contributed by atoms with van der Waals surface area (Å²) in [7, 11) is 0. The predicted molar refractivity (Wildman–Crippen MR) is 158 cm³/mol. The Morgan fingerprint density at radius 3 is 2.51 bits per heavy atom. The molecule has 2 atom stereocenters. The maximum absolute atomic E-state index is 12.9. The van der Waals surface area contributed by atoms with Gasteiger partial charge in [-0.25, -0.2) is 0 Å². The van der Waals surface area contributed by atoms with Crippen LogP contribution in [0, 0.1) is 5.41 Å². The number of esters is 1. The molecule has 2 aromatic carbocycles. The van der Waals surface area contributed by atoms with Gasteiger partial charge in [0.15, 0.2) is 0 Å². The minimum atomic E-state index is -0.612. The SMILES string of the molecule is CC(C)(C)C(=O)Oc1ccc(COc2nc(NC(=O)Cc3ccccc3)nc3c2ncn3C2COC(CO)C[N]2[Tl])cc1. The molecule has 12 nitrogen and oxygen atoms in total. The van der Waals surface area contributed by atoms with Crippen molar-refractivity contribution in [3.05, 3.63) is 72.1 Å². The monoisotopic (exact) mass is 778 g/mol. The number of aliphatic hydroxyl groups excluding tert-OH is 1. The average molecular weight is 778 g/mol. The first kappa shape index (κ1) is 31.0. The van der Waals surface area contributed by atoms with Crippen molar-refractivity contribution in [3.63, 3.8) is 0 Å². The first-order valence-electron chi connectivity index (χ1n) is 13.9. The summed E-state index contributed by atoms with van der Waals surface area (Å²) in [6, 6.07) is 16.5. The topological polar surface area (TPSA) is 141 Å². The molecular formula is C30H33N6O6Tl. The van der Waals surface area contributed by atoms with Gasteiger partial charge in [-0.05, 0) is 20.8 Å². The number of morpholine rings is 1. The first-order chi connectivity index (χ1) is 20.6.